The van der Waals surface area contributed by atoms with Crippen LogP contribution < -0.4 is 5.73 Å². The van der Waals surface area contributed by atoms with Gasteiger partial charge in [0.05, 0.1) is 0 Å². The summed E-state index contributed by atoms with van der Waals surface area (Å²) in [5, 5.41) is 7.94. The van der Waals surface area contributed by atoms with Crippen LogP contribution in [0.2, 0.25) is 0 Å². The molecule has 5 heteroatoms. The van der Waals surface area contributed by atoms with Crippen LogP contribution in [0.15, 0.2) is 29.0 Å². The number of hydrogen-bond acceptors (Lipinski definition) is 3. The number of rotatable bonds is 2. The van der Waals surface area contributed by atoms with E-state index in [9.17, 15) is 0 Å². The van der Waals surface area contributed by atoms with Gasteiger partial charge in [-0.15, -0.1) is 10.2 Å². The van der Waals surface area contributed by atoms with Gasteiger partial charge in [-0.05, 0) is 25.1 Å². The van der Waals surface area contributed by atoms with E-state index in [1.165, 1.54) is 0 Å². The lowest BCUT2D eigenvalue weighted by molar-refractivity contribution is 0.767. The molecule has 78 valence electrons. The maximum Gasteiger partial charge on any atom is 0.165 e. The zero-order valence-electron chi connectivity index (χ0n) is 8.31. The van der Waals surface area contributed by atoms with Crippen LogP contribution in [0.4, 0.5) is 5.69 Å². The maximum atomic E-state index is 5.93. The lowest BCUT2D eigenvalue weighted by Crippen LogP contribution is -1.99. The Hall–Kier alpha value is -1.36. The smallest absolute Gasteiger partial charge is 0.165 e. The van der Waals surface area contributed by atoms with Gasteiger partial charge >= 0.3 is 0 Å². The van der Waals surface area contributed by atoms with Crippen molar-refractivity contribution in [1.82, 2.24) is 14.8 Å². The van der Waals surface area contributed by atoms with E-state index in [0.29, 0.717) is 5.69 Å². The number of hydrogen-bond donors (Lipinski definition) is 1. The van der Waals surface area contributed by atoms with Crippen molar-refractivity contribution in [3.8, 4) is 11.4 Å². The zero-order chi connectivity index (χ0) is 10.8. The van der Waals surface area contributed by atoms with Crippen LogP contribution in [0.25, 0.3) is 11.4 Å². The first-order chi connectivity index (χ1) is 7.22. The highest BCUT2D eigenvalue weighted by molar-refractivity contribution is 9.10. The second kappa shape index (κ2) is 4.02. The molecule has 0 saturated carbocycles. The van der Waals surface area contributed by atoms with Gasteiger partial charge in [0, 0.05) is 22.3 Å². The van der Waals surface area contributed by atoms with Crippen LogP contribution in [0, 0.1) is 0 Å². The van der Waals surface area contributed by atoms with Gasteiger partial charge in [0.25, 0.3) is 0 Å². The average molecular weight is 267 g/mol. The Morgan fingerprint density at radius 2 is 2.27 bits per heavy atom. The van der Waals surface area contributed by atoms with E-state index in [-0.39, 0.29) is 0 Å². The van der Waals surface area contributed by atoms with Crippen molar-refractivity contribution in [3.05, 3.63) is 29.0 Å². The molecule has 2 rings (SSSR count). The number of aromatic nitrogens is 3. The fourth-order valence-corrected chi connectivity index (χ4v) is 1.81. The van der Waals surface area contributed by atoms with Gasteiger partial charge in [-0.3, -0.25) is 0 Å². The van der Waals surface area contributed by atoms with Crippen molar-refractivity contribution >= 4 is 21.6 Å². The molecular formula is C10H11BrN4. The van der Waals surface area contributed by atoms with Crippen LogP contribution in [0.1, 0.15) is 6.92 Å². The second-order valence-corrected chi connectivity index (χ2v) is 4.09. The minimum Gasteiger partial charge on any atom is -0.398 e. The Morgan fingerprint density at radius 1 is 1.47 bits per heavy atom. The van der Waals surface area contributed by atoms with Gasteiger partial charge in [0.15, 0.2) is 5.82 Å². The van der Waals surface area contributed by atoms with Crippen LogP contribution >= 0.6 is 15.9 Å². The van der Waals surface area contributed by atoms with Crippen molar-refractivity contribution in [2.24, 2.45) is 0 Å². The highest BCUT2D eigenvalue weighted by atomic mass is 79.9. The monoisotopic (exact) mass is 266 g/mol. The van der Waals surface area contributed by atoms with E-state index in [1.807, 2.05) is 29.7 Å². The van der Waals surface area contributed by atoms with E-state index in [1.54, 1.807) is 6.33 Å². The Morgan fingerprint density at radius 3 is 2.93 bits per heavy atom. The van der Waals surface area contributed by atoms with Crippen LogP contribution in [-0.4, -0.2) is 14.8 Å². The van der Waals surface area contributed by atoms with Gasteiger partial charge in [-0.25, -0.2) is 0 Å². The maximum absolute atomic E-state index is 5.93. The minimum absolute atomic E-state index is 0.701. The molecule has 0 unspecified atom stereocenters. The molecule has 0 aliphatic rings. The molecule has 0 bridgehead atoms. The molecule has 0 spiro atoms. The number of halogens is 1. The normalized spacial score (nSPS) is 10.5. The zero-order valence-corrected chi connectivity index (χ0v) is 9.90. The molecule has 0 aliphatic heterocycles. The molecule has 1 aromatic heterocycles. The molecule has 1 aromatic carbocycles. The number of benzene rings is 1. The third kappa shape index (κ3) is 1.87. The first kappa shape index (κ1) is 10.2. The molecule has 2 N–H and O–H groups in total. The van der Waals surface area contributed by atoms with E-state index in [4.69, 9.17) is 5.73 Å². The molecule has 0 radical (unpaired) electrons. The van der Waals surface area contributed by atoms with E-state index >= 15 is 0 Å². The van der Waals surface area contributed by atoms with Gasteiger partial charge < -0.3 is 10.3 Å². The summed E-state index contributed by atoms with van der Waals surface area (Å²) in [7, 11) is 0. The first-order valence-corrected chi connectivity index (χ1v) is 5.45. The Bertz CT molecular complexity index is 478. The fraction of sp³-hybridized carbons (Fsp3) is 0.200. The third-order valence-electron chi connectivity index (χ3n) is 2.21. The van der Waals surface area contributed by atoms with E-state index in [0.717, 1.165) is 22.4 Å². The summed E-state index contributed by atoms with van der Waals surface area (Å²) in [4.78, 5) is 0. The number of aryl methyl sites for hydroxylation is 1. The molecule has 2 aromatic rings. The molecule has 0 fully saturated rings. The second-order valence-electron chi connectivity index (χ2n) is 3.17. The van der Waals surface area contributed by atoms with Gasteiger partial charge in [0.1, 0.15) is 6.33 Å². The topological polar surface area (TPSA) is 56.7 Å². The van der Waals surface area contributed by atoms with Gasteiger partial charge in [-0.1, -0.05) is 15.9 Å². The predicted octanol–water partition coefficient (Wildman–Crippen LogP) is 2.31. The third-order valence-corrected chi connectivity index (χ3v) is 2.70. The standard InChI is InChI=1S/C10H11BrN4/c1-2-15-6-13-14-10(15)8-4-3-7(11)5-9(8)12/h3-6H,2,12H2,1H3. The lowest BCUT2D eigenvalue weighted by atomic mass is 10.1. The minimum atomic E-state index is 0.701. The largest absolute Gasteiger partial charge is 0.398 e. The fourth-order valence-electron chi connectivity index (χ4n) is 1.43. The molecular weight excluding hydrogens is 256 g/mol. The SMILES string of the molecule is CCn1cnnc1-c1ccc(Br)cc1N. The summed E-state index contributed by atoms with van der Waals surface area (Å²) in [6.45, 7) is 2.87. The molecule has 0 saturated heterocycles. The van der Waals surface area contributed by atoms with Crippen molar-refractivity contribution < 1.29 is 0 Å². The van der Waals surface area contributed by atoms with E-state index in [2.05, 4.69) is 26.1 Å². The van der Waals surface area contributed by atoms with Crippen molar-refractivity contribution in [3.63, 3.8) is 0 Å². The van der Waals surface area contributed by atoms with Crippen LogP contribution in [0.3, 0.4) is 0 Å². The van der Waals surface area contributed by atoms with E-state index < -0.39 is 0 Å². The number of nitrogens with zero attached hydrogens (tertiary/aromatic N) is 3. The van der Waals surface area contributed by atoms with Crippen molar-refractivity contribution in [1.29, 1.82) is 0 Å². The summed E-state index contributed by atoms with van der Waals surface area (Å²) in [6.07, 6.45) is 1.71. The van der Waals surface area contributed by atoms with Crippen LogP contribution in [0.5, 0.6) is 0 Å². The Labute approximate surface area is 96.3 Å². The summed E-state index contributed by atoms with van der Waals surface area (Å²) in [5.41, 5.74) is 7.54. The predicted molar refractivity (Wildman–Crippen MR) is 63.2 cm³/mol. The van der Waals surface area contributed by atoms with Crippen LogP contribution in [-0.2, 0) is 6.54 Å². The molecule has 0 aliphatic carbocycles. The van der Waals surface area contributed by atoms with Crippen molar-refractivity contribution in [2.75, 3.05) is 5.73 Å². The van der Waals surface area contributed by atoms with Gasteiger partial charge in [0.2, 0.25) is 0 Å². The molecule has 15 heavy (non-hydrogen) atoms. The highest BCUT2D eigenvalue weighted by Crippen LogP contribution is 2.26. The lowest BCUT2D eigenvalue weighted by Gasteiger charge is -2.06. The highest BCUT2D eigenvalue weighted by Gasteiger charge is 2.09. The Kier molecular flexibility index (Phi) is 2.73. The summed E-state index contributed by atoms with van der Waals surface area (Å²) < 4.78 is 2.92. The quantitative estimate of drug-likeness (QED) is 0.849. The number of nitrogen functional groups attached to an aromatic ring is 1. The average Bonchev–Trinajstić information content (AvgIpc) is 2.65. The summed E-state index contributed by atoms with van der Waals surface area (Å²) in [6, 6.07) is 5.75. The molecule has 4 nitrogen and oxygen atoms in total. The molecule has 0 amide bonds. The summed E-state index contributed by atoms with van der Waals surface area (Å²) >= 11 is 3.37. The summed E-state index contributed by atoms with van der Waals surface area (Å²) in [5.74, 6) is 0.808. The number of anilines is 1. The van der Waals surface area contributed by atoms with Crippen molar-refractivity contribution in [2.45, 2.75) is 13.5 Å². The Balaban J connectivity index is 2.54. The van der Waals surface area contributed by atoms with Gasteiger partial charge in [-0.2, -0.15) is 0 Å². The first-order valence-electron chi connectivity index (χ1n) is 4.65. The number of nitrogens with two attached hydrogens (primary N) is 1. The molecule has 1 heterocycles. The molecule has 0 atom stereocenters.